The van der Waals surface area contributed by atoms with Gasteiger partial charge in [0.2, 0.25) is 0 Å². The number of hydrogen-bond acceptors (Lipinski definition) is 3. The maximum Gasteiger partial charge on any atom is 0.340 e. The summed E-state index contributed by atoms with van der Waals surface area (Å²) in [6.45, 7) is 2.82. The summed E-state index contributed by atoms with van der Waals surface area (Å²) in [5.41, 5.74) is 0.413. The molecule has 0 saturated heterocycles. The molecule has 5 nitrogen and oxygen atoms in total. The lowest BCUT2D eigenvalue weighted by atomic mass is 10.2. The minimum Gasteiger partial charge on any atom is -0.478 e. The van der Waals surface area contributed by atoms with Crippen LogP contribution in [0.1, 0.15) is 35.8 Å². The highest BCUT2D eigenvalue weighted by Crippen LogP contribution is 2.21. The maximum absolute atomic E-state index is 11.0. The van der Waals surface area contributed by atoms with Gasteiger partial charge in [-0.05, 0) is 6.42 Å². The molecule has 0 bridgehead atoms. The van der Waals surface area contributed by atoms with Crippen molar-refractivity contribution < 1.29 is 14.6 Å². The van der Waals surface area contributed by atoms with Crippen molar-refractivity contribution >= 4 is 17.6 Å². The SMILES string of the molecule is CCCCn1nc(COC)c(C(=O)O)c1Cl. The highest BCUT2D eigenvalue weighted by molar-refractivity contribution is 6.32. The topological polar surface area (TPSA) is 64.4 Å². The smallest absolute Gasteiger partial charge is 0.340 e. The van der Waals surface area contributed by atoms with E-state index in [1.165, 1.54) is 11.8 Å². The average molecular weight is 247 g/mol. The molecule has 16 heavy (non-hydrogen) atoms. The molecule has 1 rings (SSSR count). The van der Waals surface area contributed by atoms with Crippen LogP contribution in [0, 0.1) is 0 Å². The van der Waals surface area contributed by atoms with Gasteiger partial charge in [0, 0.05) is 13.7 Å². The number of unbranched alkanes of at least 4 members (excludes halogenated alkanes) is 1. The summed E-state index contributed by atoms with van der Waals surface area (Å²) in [7, 11) is 1.49. The Hall–Kier alpha value is -1.07. The molecule has 0 aliphatic heterocycles. The molecule has 1 N–H and O–H groups in total. The molecule has 1 heterocycles. The summed E-state index contributed by atoms with van der Waals surface area (Å²) in [5.74, 6) is -1.07. The van der Waals surface area contributed by atoms with Crippen LogP contribution in [0.15, 0.2) is 0 Å². The second-order valence-electron chi connectivity index (χ2n) is 3.43. The largest absolute Gasteiger partial charge is 0.478 e. The lowest BCUT2D eigenvalue weighted by molar-refractivity contribution is 0.0692. The molecule has 0 saturated carbocycles. The number of methoxy groups -OCH3 is 1. The number of halogens is 1. The van der Waals surface area contributed by atoms with Gasteiger partial charge in [-0.2, -0.15) is 5.10 Å². The highest BCUT2D eigenvalue weighted by Gasteiger charge is 2.21. The zero-order valence-electron chi connectivity index (χ0n) is 9.36. The molecule has 0 radical (unpaired) electrons. The summed E-state index contributed by atoms with van der Waals surface area (Å²) >= 11 is 5.96. The van der Waals surface area contributed by atoms with Crippen molar-refractivity contribution in [2.75, 3.05) is 7.11 Å². The Morgan fingerprint density at radius 1 is 1.62 bits per heavy atom. The monoisotopic (exact) mass is 246 g/mol. The molecule has 0 amide bonds. The van der Waals surface area contributed by atoms with E-state index in [9.17, 15) is 4.79 Å². The molecule has 0 atom stereocenters. The fourth-order valence-electron chi connectivity index (χ4n) is 1.39. The standard InChI is InChI=1S/C10H15ClN2O3/c1-3-4-5-13-9(11)8(10(14)15)7(12-13)6-16-2/h3-6H2,1-2H3,(H,14,15). The normalized spacial score (nSPS) is 10.7. The Kier molecular flexibility index (Phi) is 4.76. The third-order valence-corrected chi connectivity index (χ3v) is 2.57. The van der Waals surface area contributed by atoms with Crippen molar-refractivity contribution in [1.82, 2.24) is 9.78 Å². The predicted molar refractivity (Wildman–Crippen MR) is 59.8 cm³/mol. The van der Waals surface area contributed by atoms with Crippen molar-refractivity contribution in [2.45, 2.75) is 32.9 Å². The number of aryl methyl sites for hydroxylation is 1. The third kappa shape index (κ3) is 2.74. The van der Waals surface area contributed by atoms with E-state index >= 15 is 0 Å². The second-order valence-corrected chi connectivity index (χ2v) is 3.79. The molecular formula is C10H15ClN2O3. The van der Waals surface area contributed by atoms with E-state index in [0.29, 0.717) is 12.2 Å². The number of carbonyl (C=O) groups is 1. The van der Waals surface area contributed by atoms with E-state index in [1.54, 1.807) is 0 Å². The van der Waals surface area contributed by atoms with Gasteiger partial charge in [-0.25, -0.2) is 4.79 Å². The first-order valence-corrected chi connectivity index (χ1v) is 5.47. The Morgan fingerprint density at radius 3 is 2.81 bits per heavy atom. The molecule has 90 valence electrons. The van der Waals surface area contributed by atoms with Crippen LogP contribution >= 0.6 is 11.6 Å². The Balaban J connectivity index is 3.03. The lowest BCUT2D eigenvalue weighted by Crippen LogP contribution is -2.01. The molecule has 0 spiro atoms. The third-order valence-electron chi connectivity index (χ3n) is 2.18. The number of aromatic nitrogens is 2. The number of aromatic carboxylic acids is 1. The first kappa shape index (κ1) is 13.0. The first-order valence-electron chi connectivity index (χ1n) is 5.09. The van der Waals surface area contributed by atoms with Crippen LogP contribution in [-0.4, -0.2) is 28.0 Å². The van der Waals surface area contributed by atoms with Crippen LogP contribution < -0.4 is 0 Å². The second kappa shape index (κ2) is 5.86. The number of ether oxygens (including phenoxy) is 1. The van der Waals surface area contributed by atoms with E-state index < -0.39 is 5.97 Å². The molecule has 0 aliphatic rings. The van der Waals surface area contributed by atoms with Crippen molar-refractivity contribution in [2.24, 2.45) is 0 Å². The summed E-state index contributed by atoms with van der Waals surface area (Å²) in [4.78, 5) is 11.0. The zero-order chi connectivity index (χ0) is 12.1. The quantitative estimate of drug-likeness (QED) is 0.836. The minimum atomic E-state index is -1.07. The van der Waals surface area contributed by atoms with Gasteiger partial charge < -0.3 is 9.84 Å². The van der Waals surface area contributed by atoms with Gasteiger partial charge in [0.25, 0.3) is 0 Å². The number of nitrogens with zero attached hydrogens (tertiary/aromatic N) is 2. The molecule has 1 aromatic rings. The number of carboxylic acid groups (broad SMARTS) is 1. The van der Waals surface area contributed by atoms with Crippen LogP contribution in [0.5, 0.6) is 0 Å². The number of hydrogen-bond donors (Lipinski definition) is 1. The van der Waals surface area contributed by atoms with Crippen LogP contribution in [0.25, 0.3) is 0 Å². The maximum atomic E-state index is 11.0. The van der Waals surface area contributed by atoms with Gasteiger partial charge in [-0.1, -0.05) is 24.9 Å². The van der Waals surface area contributed by atoms with Gasteiger partial charge in [0.05, 0.1) is 6.61 Å². The molecule has 0 fully saturated rings. The van der Waals surface area contributed by atoms with Crippen molar-refractivity contribution in [3.63, 3.8) is 0 Å². The molecule has 0 aromatic carbocycles. The summed E-state index contributed by atoms with van der Waals surface area (Å²) in [5, 5.41) is 13.3. The van der Waals surface area contributed by atoms with Gasteiger partial charge in [0.1, 0.15) is 16.4 Å². The molecule has 6 heteroatoms. The number of carboxylic acids is 1. The Labute approximate surface area is 99.0 Å². The fourth-order valence-corrected chi connectivity index (χ4v) is 1.71. The molecule has 1 aromatic heterocycles. The number of rotatable bonds is 6. The highest BCUT2D eigenvalue weighted by atomic mass is 35.5. The summed E-state index contributed by atoms with van der Waals surface area (Å²) < 4.78 is 6.41. The van der Waals surface area contributed by atoms with Gasteiger partial charge in [-0.15, -0.1) is 0 Å². The van der Waals surface area contributed by atoms with Gasteiger partial charge >= 0.3 is 5.97 Å². The zero-order valence-corrected chi connectivity index (χ0v) is 10.1. The fraction of sp³-hybridized carbons (Fsp3) is 0.600. The van der Waals surface area contributed by atoms with Crippen molar-refractivity contribution in [1.29, 1.82) is 0 Å². The van der Waals surface area contributed by atoms with E-state index in [-0.39, 0.29) is 17.3 Å². The van der Waals surface area contributed by atoms with E-state index in [1.807, 2.05) is 6.92 Å². The van der Waals surface area contributed by atoms with E-state index in [4.69, 9.17) is 21.4 Å². The van der Waals surface area contributed by atoms with Crippen LogP contribution in [0.2, 0.25) is 5.15 Å². The van der Waals surface area contributed by atoms with E-state index in [2.05, 4.69) is 5.10 Å². The van der Waals surface area contributed by atoms with E-state index in [0.717, 1.165) is 12.8 Å². The Bertz CT molecular complexity index is 376. The van der Waals surface area contributed by atoms with Crippen LogP contribution in [0.4, 0.5) is 0 Å². The first-order chi connectivity index (χ1) is 7.61. The van der Waals surface area contributed by atoms with Gasteiger partial charge in [-0.3, -0.25) is 4.68 Å². The van der Waals surface area contributed by atoms with Gasteiger partial charge in [0.15, 0.2) is 0 Å². The Morgan fingerprint density at radius 2 is 2.31 bits per heavy atom. The van der Waals surface area contributed by atoms with Crippen LogP contribution in [-0.2, 0) is 17.9 Å². The van der Waals surface area contributed by atoms with Crippen molar-refractivity contribution in [3.8, 4) is 0 Å². The average Bonchev–Trinajstić information content (AvgIpc) is 2.53. The van der Waals surface area contributed by atoms with Crippen LogP contribution in [0.3, 0.4) is 0 Å². The van der Waals surface area contributed by atoms with Crippen molar-refractivity contribution in [3.05, 3.63) is 16.4 Å². The lowest BCUT2D eigenvalue weighted by Gasteiger charge is -2.00. The summed E-state index contributed by atoms with van der Waals surface area (Å²) in [6.07, 6.45) is 1.91. The molecule has 0 unspecified atom stereocenters. The summed E-state index contributed by atoms with van der Waals surface area (Å²) in [6, 6.07) is 0. The molecule has 0 aliphatic carbocycles. The molecular weight excluding hydrogens is 232 g/mol. The predicted octanol–water partition coefficient (Wildman–Crippen LogP) is 2.18. The minimum absolute atomic E-state index is 0.0413.